The zero-order chi connectivity index (χ0) is 21.7. The van der Waals surface area contributed by atoms with Gasteiger partial charge in [0, 0.05) is 26.7 Å². The van der Waals surface area contributed by atoms with Crippen LogP contribution >= 0.6 is 0 Å². The Morgan fingerprint density at radius 3 is 2.63 bits per heavy atom. The average molecular weight is 410 g/mol. The summed E-state index contributed by atoms with van der Waals surface area (Å²) in [5.74, 6) is -0.391. The molecule has 8 heteroatoms. The number of aromatic nitrogens is 4. The van der Waals surface area contributed by atoms with Crippen molar-refractivity contribution in [2.24, 2.45) is 14.1 Å². The van der Waals surface area contributed by atoms with Gasteiger partial charge < -0.3 is 9.30 Å². The van der Waals surface area contributed by atoms with E-state index < -0.39 is 5.97 Å². The Kier molecular flexibility index (Phi) is 6.66. The van der Waals surface area contributed by atoms with E-state index in [0.717, 1.165) is 12.0 Å². The first-order valence-corrected chi connectivity index (χ1v) is 9.93. The van der Waals surface area contributed by atoms with Crippen LogP contribution in [0, 0.1) is 0 Å². The Balaban J connectivity index is 1.52. The topological polar surface area (TPSA) is 88.1 Å². The molecule has 0 spiro atoms. The summed E-state index contributed by atoms with van der Waals surface area (Å²) in [6, 6.07) is 9.53. The number of carbonyl (C=O) groups is 1. The molecule has 8 nitrogen and oxygen atoms in total. The molecule has 0 radical (unpaired) electrons. The zero-order valence-electron chi connectivity index (χ0n) is 17.4. The molecule has 30 heavy (non-hydrogen) atoms. The molecule has 0 N–H and O–H groups in total. The SMILES string of the molecule is CC(CCCCn1c(=O)c2c(ncn2C)n(C)c1=O)OC(=O)/C=C/c1ccccc1. The molecule has 0 saturated heterocycles. The summed E-state index contributed by atoms with van der Waals surface area (Å²) >= 11 is 0. The maximum Gasteiger partial charge on any atom is 0.332 e. The number of rotatable bonds is 8. The highest BCUT2D eigenvalue weighted by Gasteiger charge is 2.14. The first-order chi connectivity index (χ1) is 14.4. The number of hydrogen-bond donors (Lipinski definition) is 0. The van der Waals surface area contributed by atoms with Crippen molar-refractivity contribution in [2.75, 3.05) is 0 Å². The van der Waals surface area contributed by atoms with Crippen molar-refractivity contribution < 1.29 is 9.53 Å². The molecule has 2 aromatic heterocycles. The van der Waals surface area contributed by atoms with E-state index in [1.807, 2.05) is 37.3 Å². The fourth-order valence-electron chi connectivity index (χ4n) is 3.32. The molecule has 3 rings (SSSR count). The third-order valence-corrected chi connectivity index (χ3v) is 4.97. The summed E-state index contributed by atoms with van der Waals surface area (Å²) < 4.78 is 9.63. The molecule has 158 valence electrons. The molecule has 0 aliphatic heterocycles. The van der Waals surface area contributed by atoms with Crippen LogP contribution in [-0.4, -0.2) is 30.8 Å². The molecule has 3 aromatic rings. The molecule has 0 fully saturated rings. The fraction of sp³-hybridized carbons (Fsp3) is 0.364. The second-order valence-electron chi connectivity index (χ2n) is 7.31. The molecule has 0 aliphatic carbocycles. The second-order valence-corrected chi connectivity index (χ2v) is 7.31. The Labute approximate surface area is 174 Å². The first-order valence-electron chi connectivity index (χ1n) is 9.93. The van der Waals surface area contributed by atoms with Gasteiger partial charge in [0.25, 0.3) is 5.56 Å². The van der Waals surface area contributed by atoms with E-state index in [1.165, 1.54) is 21.5 Å². The number of hydrogen-bond acceptors (Lipinski definition) is 5. The summed E-state index contributed by atoms with van der Waals surface area (Å²) in [6.45, 7) is 2.14. The number of carbonyl (C=O) groups excluding carboxylic acids is 1. The number of benzene rings is 1. The molecule has 0 aliphatic rings. The zero-order valence-corrected chi connectivity index (χ0v) is 17.4. The van der Waals surface area contributed by atoms with Gasteiger partial charge in [0.2, 0.25) is 0 Å². The fourth-order valence-corrected chi connectivity index (χ4v) is 3.32. The Morgan fingerprint density at radius 1 is 1.17 bits per heavy atom. The van der Waals surface area contributed by atoms with Crippen LogP contribution in [0.25, 0.3) is 17.2 Å². The third-order valence-electron chi connectivity index (χ3n) is 4.97. The van der Waals surface area contributed by atoms with E-state index >= 15 is 0 Å². The van der Waals surface area contributed by atoms with Crippen LogP contribution in [0.4, 0.5) is 0 Å². The minimum Gasteiger partial charge on any atom is -0.460 e. The minimum absolute atomic E-state index is 0.253. The standard InChI is InChI=1S/C22H26N4O4/c1-16(30-18(27)13-12-17-10-5-4-6-11-17)9-7-8-14-26-21(28)19-20(23-15-24(19)2)25(3)22(26)29/h4-6,10-13,15-16H,7-9,14H2,1-3H3/b13-12+. The van der Waals surface area contributed by atoms with Crippen LogP contribution in [0.1, 0.15) is 31.7 Å². The maximum atomic E-state index is 12.7. The predicted octanol–water partition coefficient (Wildman–Crippen LogP) is 2.25. The van der Waals surface area contributed by atoms with Gasteiger partial charge in [0.1, 0.15) is 0 Å². The van der Waals surface area contributed by atoms with E-state index in [4.69, 9.17) is 4.74 Å². The Bertz CT molecular complexity index is 1170. The van der Waals surface area contributed by atoms with Gasteiger partial charge in [0.05, 0.1) is 12.4 Å². The summed E-state index contributed by atoms with van der Waals surface area (Å²) in [4.78, 5) is 41.2. The summed E-state index contributed by atoms with van der Waals surface area (Å²) in [7, 11) is 3.34. The quantitative estimate of drug-likeness (QED) is 0.323. The maximum absolute atomic E-state index is 12.7. The summed E-state index contributed by atoms with van der Waals surface area (Å²) in [6.07, 6.45) is 6.39. The highest BCUT2D eigenvalue weighted by atomic mass is 16.5. The Hall–Kier alpha value is -3.42. The van der Waals surface area contributed by atoms with E-state index in [0.29, 0.717) is 30.6 Å². The van der Waals surface area contributed by atoms with Crippen molar-refractivity contribution >= 4 is 23.2 Å². The van der Waals surface area contributed by atoms with Crippen molar-refractivity contribution in [3.63, 3.8) is 0 Å². The lowest BCUT2D eigenvalue weighted by atomic mass is 10.1. The van der Waals surface area contributed by atoms with Gasteiger partial charge in [-0.3, -0.25) is 13.9 Å². The van der Waals surface area contributed by atoms with Gasteiger partial charge >= 0.3 is 11.7 Å². The van der Waals surface area contributed by atoms with Crippen molar-refractivity contribution in [3.8, 4) is 0 Å². The molecular weight excluding hydrogens is 384 g/mol. The first kappa shape index (κ1) is 21.3. The number of aryl methyl sites for hydroxylation is 2. The third kappa shape index (κ3) is 4.76. The molecule has 1 atom stereocenters. The van der Waals surface area contributed by atoms with Crippen molar-refractivity contribution in [1.82, 2.24) is 18.7 Å². The van der Waals surface area contributed by atoms with Crippen LogP contribution in [0.15, 0.2) is 52.3 Å². The molecule has 2 heterocycles. The Morgan fingerprint density at radius 2 is 1.90 bits per heavy atom. The molecule has 0 amide bonds. The van der Waals surface area contributed by atoms with Gasteiger partial charge in [-0.25, -0.2) is 14.6 Å². The number of unbranched alkanes of at least 4 members (excludes halogenated alkanes) is 1. The van der Waals surface area contributed by atoms with Crippen LogP contribution in [0.2, 0.25) is 0 Å². The number of ether oxygens (including phenoxy) is 1. The molecule has 1 unspecified atom stereocenters. The molecule has 0 saturated carbocycles. The highest BCUT2D eigenvalue weighted by molar-refractivity contribution is 5.87. The van der Waals surface area contributed by atoms with Gasteiger partial charge in [-0.05, 0) is 37.8 Å². The number of esters is 1. The lowest BCUT2D eigenvalue weighted by Gasteiger charge is -2.12. The normalized spacial score (nSPS) is 12.5. The van der Waals surface area contributed by atoms with Crippen LogP contribution in [-0.2, 0) is 30.2 Å². The van der Waals surface area contributed by atoms with Crippen molar-refractivity contribution in [3.05, 3.63) is 69.1 Å². The van der Waals surface area contributed by atoms with Gasteiger partial charge in [-0.1, -0.05) is 30.3 Å². The molecular formula is C22H26N4O4. The smallest absolute Gasteiger partial charge is 0.332 e. The van der Waals surface area contributed by atoms with Crippen molar-refractivity contribution in [1.29, 1.82) is 0 Å². The van der Waals surface area contributed by atoms with E-state index in [1.54, 1.807) is 24.7 Å². The van der Waals surface area contributed by atoms with Crippen LogP contribution in [0.3, 0.4) is 0 Å². The second kappa shape index (κ2) is 9.39. The van der Waals surface area contributed by atoms with E-state index in [2.05, 4.69) is 4.98 Å². The van der Waals surface area contributed by atoms with E-state index in [-0.39, 0.29) is 17.4 Å². The van der Waals surface area contributed by atoms with Crippen LogP contribution in [0.5, 0.6) is 0 Å². The van der Waals surface area contributed by atoms with Gasteiger partial charge in [0.15, 0.2) is 11.2 Å². The number of nitrogens with zero attached hydrogens (tertiary/aromatic N) is 4. The van der Waals surface area contributed by atoms with Crippen LogP contribution < -0.4 is 11.2 Å². The molecule has 1 aromatic carbocycles. The monoisotopic (exact) mass is 410 g/mol. The largest absolute Gasteiger partial charge is 0.460 e. The average Bonchev–Trinajstić information content (AvgIpc) is 3.12. The highest BCUT2D eigenvalue weighted by Crippen LogP contribution is 2.08. The van der Waals surface area contributed by atoms with Crippen molar-refractivity contribution in [2.45, 2.75) is 38.8 Å². The van der Waals surface area contributed by atoms with Gasteiger partial charge in [-0.15, -0.1) is 0 Å². The lowest BCUT2D eigenvalue weighted by molar-refractivity contribution is -0.142. The van der Waals surface area contributed by atoms with Gasteiger partial charge in [-0.2, -0.15) is 0 Å². The van der Waals surface area contributed by atoms with E-state index in [9.17, 15) is 14.4 Å². The summed E-state index contributed by atoms with van der Waals surface area (Å²) in [5, 5.41) is 0. The summed E-state index contributed by atoms with van der Waals surface area (Å²) in [5.41, 5.74) is 1.01. The molecule has 0 bridgehead atoms. The predicted molar refractivity (Wildman–Crippen MR) is 115 cm³/mol. The minimum atomic E-state index is -0.391. The number of imidazole rings is 1. The lowest BCUT2D eigenvalue weighted by Crippen LogP contribution is -2.39. The number of fused-ring (bicyclic) bond motifs is 1.